The van der Waals surface area contributed by atoms with Crippen LogP contribution in [-0.2, 0) is 16.6 Å². The Bertz CT molecular complexity index is 526. The van der Waals surface area contributed by atoms with Crippen LogP contribution in [0.3, 0.4) is 0 Å². The number of hydrogen-bond donors (Lipinski definition) is 3. The van der Waals surface area contributed by atoms with Crippen molar-refractivity contribution in [3.8, 4) is 0 Å². The number of benzene rings is 1. The van der Waals surface area contributed by atoms with Crippen LogP contribution in [0.25, 0.3) is 0 Å². The summed E-state index contributed by atoms with van der Waals surface area (Å²) in [6.07, 6.45) is 0.512. The first-order valence-electron chi connectivity index (χ1n) is 7.38. The van der Waals surface area contributed by atoms with E-state index >= 15 is 0 Å². The van der Waals surface area contributed by atoms with Gasteiger partial charge in [-0.1, -0.05) is 12.1 Å². The highest BCUT2D eigenvalue weighted by molar-refractivity contribution is 7.85. The van der Waals surface area contributed by atoms with Crippen molar-refractivity contribution in [2.45, 2.75) is 50.7 Å². The van der Waals surface area contributed by atoms with E-state index in [-0.39, 0.29) is 23.4 Å². The molecule has 0 radical (unpaired) electrons. The molecule has 0 aliphatic carbocycles. The third-order valence-electron chi connectivity index (χ3n) is 3.11. The van der Waals surface area contributed by atoms with E-state index in [1.54, 1.807) is 6.07 Å². The van der Waals surface area contributed by atoms with Crippen LogP contribution >= 0.6 is 0 Å². The smallest absolute Gasteiger partial charge is 0.319 e. The molecule has 0 fully saturated rings. The molecule has 5 nitrogen and oxygen atoms in total. The standard InChI is InChI=1S/C16H26N2O3S/c1-12(8-9-19)17-15(20)18-14-7-5-6-13(10-14)11-22(21)16(2,3)4/h5-7,10,12,19H,8-9,11H2,1-4H3,(H2,17,18,20)/t12-,22?/m1/s1. The molecule has 0 saturated carbocycles. The Kier molecular flexibility index (Phi) is 7.03. The summed E-state index contributed by atoms with van der Waals surface area (Å²) in [5.41, 5.74) is 1.59. The number of aliphatic hydroxyl groups is 1. The number of rotatable bonds is 6. The van der Waals surface area contributed by atoms with Crippen molar-refractivity contribution >= 4 is 22.5 Å². The van der Waals surface area contributed by atoms with E-state index in [0.29, 0.717) is 17.9 Å². The molecule has 2 amide bonds. The second-order valence-corrected chi connectivity index (χ2v) is 8.52. The van der Waals surface area contributed by atoms with Gasteiger partial charge in [-0.25, -0.2) is 4.79 Å². The summed E-state index contributed by atoms with van der Waals surface area (Å²) in [6, 6.07) is 6.96. The van der Waals surface area contributed by atoms with Gasteiger partial charge in [-0.3, -0.25) is 4.21 Å². The maximum absolute atomic E-state index is 12.2. The molecular formula is C16H26N2O3S. The van der Waals surface area contributed by atoms with Crippen LogP contribution in [0.15, 0.2) is 24.3 Å². The van der Waals surface area contributed by atoms with Gasteiger partial charge in [0.05, 0.1) is 0 Å². The number of anilines is 1. The third-order valence-corrected chi connectivity index (χ3v) is 5.07. The largest absolute Gasteiger partial charge is 0.396 e. The molecule has 1 aromatic rings. The number of urea groups is 1. The van der Waals surface area contributed by atoms with Crippen LogP contribution in [-0.4, -0.2) is 32.7 Å². The number of amides is 2. The fraction of sp³-hybridized carbons (Fsp3) is 0.562. The number of carbonyl (C=O) groups excluding carboxylic acids is 1. The van der Waals surface area contributed by atoms with Crippen LogP contribution in [0.1, 0.15) is 39.7 Å². The average Bonchev–Trinajstić information content (AvgIpc) is 2.37. The van der Waals surface area contributed by atoms with E-state index in [2.05, 4.69) is 10.6 Å². The summed E-state index contributed by atoms with van der Waals surface area (Å²) in [5, 5.41) is 14.3. The van der Waals surface area contributed by atoms with Gasteiger partial charge in [0.2, 0.25) is 0 Å². The summed E-state index contributed by atoms with van der Waals surface area (Å²) >= 11 is 0. The number of nitrogens with one attached hydrogen (secondary N) is 2. The quantitative estimate of drug-likeness (QED) is 0.752. The van der Waals surface area contributed by atoms with Crippen molar-refractivity contribution < 1.29 is 14.1 Å². The summed E-state index contributed by atoms with van der Waals surface area (Å²) in [5.74, 6) is 0.460. The molecule has 22 heavy (non-hydrogen) atoms. The minimum atomic E-state index is -0.977. The second kappa shape index (κ2) is 8.29. The second-order valence-electron chi connectivity index (χ2n) is 6.31. The van der Waals surface area contributed by atoms with Gasteiger partial charge in [-0.05, 0) is 51.8 Å². The fourth-order valence-corrected chi connectivity index (χ4v) is 2.68. The van der Waals surface area contributed by atoms with Gasteiger partial charge in [0.1, 0.15) is 0 Å². The molecule has 0 spiro atoms. The van der Waals surface area contributed by atoms with E-state index < -0.39 is 10.8 Å². The first kappa shape index (κ1) is 18.6. The molecule has 3 N–H and O–H groups in total. The van der Waals surface area contributed by atoms with Gasteiger partial charge in [-0.15, -0.1) is 0 Å². The Hall–Kier alpha value is -1.40. The molecule has 0 bridgehead atoms. The lowest BCUT2D eigenvalue weighted by Crippen LogP contribution is -2.36. The van der Waals surface area contributed by atoms with Gasteiger partial charge < -0.3 is 15.7 Å². The maximum Gasteiger partial charge on any atom is 0.319 e. The van der Waals surface area contributed by atoms with Gasteiger partial charge in [0.15, 0.2) is 0 Å². The lowest BCUT2D eigenvalue weighted by Gasteiger charge is -2.18. The topological polar surface area (TPSA) is 78.4 Å². The van der Waals surface area contributed by atoms with Gasteiger partial charge in [0.25, 0.3) is 0 Å². The van der Waals surface area contributed by atoms with Crippen LogP contribution in [0.5, 0.6) is 0 Å². The molecule has 0 saturated heterocycles. The molecule has 0 aromatic heterocycles. The monoisotopic (exact) mass is 326 g/mol. The van der Waals surface area contributed by atoms with Crippen molar-refractivity contribution in [2.75, 3.05) is 11.9 Å². The van der Waals surface area contributed by atoms with E-state index in [1.807, 2.05) is 45.9 Å². The molecule has 1 unspecified atom stereocenters. The van der Waals surface area contributed by atoms with E-state index in [1.165, 1.54) is 0 Å². The normalized spacial score (nSPS) is 14.2. The van der Waals surface area contributed by atoms with Gasteiger partial charge in [-0.2, -0.15) is 0 Å². The zero-order valence-corrected chi connectivity index (χ0v) is 14.5. The van der Waals surface area contributed by atoms with Crippen molar-refractivity contribution in [1.29, 1.82) is 0 Å². The molecule has 6 heteroatoms. The highest BCUT2D eigenvalue weighted by Gasteiger charge is 2.19. The SMILES string of the molecule is C[C@H](CCO)NC(=O)Nc1cccc(CS(=O)C(C)(C)C)c1. The average molecular weight is 326 g/mol. The first-order chi connectivity index (χ1) is 10.2. The molecule has 1 aromatic carbocycles. The molecule has 124 valence electrons. The third kappa shape index (κ3) is 6.58. The number of aliphatic hydroxyl groups excluding tert-OH is 1. The molecule has 1 rings (SSSR count). The first-order valence-corrected chi connectivity index (χ1v) is 8.70. The zero-order chi connectivity index (χ0) is 16.8. The van der Waals surface area contributed by atoms with Crippen molar-refractivity contribution in [3.05, 3.63) is 29.8 Å². The van der Waals surface area contributed by atoms with Crippen LogP contribution < -0.4 is 10.6 Å². The summed E-state index contributed by atoms with van der Waals surface area (Å²) < 4.78 is 11.9. The Labute approximate surface area is 135 Å². The zero-order valence-electron chi connectivity index (χ0n) is 13.7. The van der Waals surface area contributed by atoms with Crippen molar-refractivity contribution in [2.24, 2.45) is 0 Å². The molecular weight excluding hydrogens is 300 g/mol. The maximum atomic E-state index is 12.2. The van der Waals surface area contributed by atoms with Crippen LogP contribution in [0.2, 0.25) is 0 Å². The predicted molar refractivity (Wildman–Crippen MR) is 91.4 cm³/mol. The van der Waals surface area contributed by atoms with Crippen molar-refractivity contribution in [1.82, 2.24) is 5.32 Å². The van der Waals surface area contributed by atoms with E-state index in [0.717, 1.165) is 5.56 Å². The van der Waals surface area contributed by atoms with Crippen molar-refractivity contribution in [3.63, 3.8) is 0 Å². The highest BCUT2D eigenvalue weighted by Crippen LogP contribution is 2.18. The molecule has 0 aliphatic rings. The molecule has 2 atom stereocenters. The Morgan fingerprint density at radius 1 is 1.36 bits per heavy atom. The summed E-state index contributed by atoms with van der Waals surface area (Å²) in [4.78, 5) is 11.8. The number of carbonyl (C=O) groups is 1. The minimum Gasteiger partial charge on any atom is -0.396 e. The summed E-state index contributed by atoms with van der Waals surface area (Å²) in [6.45, 7) is 7.71. The van der Waals surface area contributed by atoms with Crippen LogP contribution in [0.4, 0.5) is 10.5 Å². The Balaban J connectivity index is 2.64. The highest BCUT2D eigenvalue weighted by atomic mass is 32.2. The Morgan fingerprint density at radius 3 is 2.64 bits per heavy atom. The lowest BCUT2D eigenvalue weighted by molar-refractivity contribution is 0.241. The molecule has 0 heterocycles. The van der Waals surface area contributed by atoms with E-state index in [9.17, 15) is 9.00 Å². The van der Waals surface area contributed by atoms with Gasteiger partial charge in [0, 0.05) is 39.6 Å². The minimum absolute atomic E-state index is 0.0373. The molecule has 0 aliphatic heterocycles. The summed E-state index contributed by atoms with van der Waals surface area (Å²) in [7, 11) is -0.977. The van der Waals surface area contributed by atoms with Crippen LogP contribution in [0, 0.1) is 0 Å². The fourth-order valence-electron chi connectivity index (χ4n) is 1.76. The Morgan fingerprint density at radius 2 is 2.05 bits per heavy atom. The number of hydrogen-bond acceptors (Lipinski definition) is 3. The van der Waals surface area contributed by atoms with E-state index in [4.69, 9.17) is 5.11 Å². The lowest BCUT2D eigenvalue weighted by atomic mass is 10.2. The predicted octanol–water partition coefficient (Wildman–Crippen LogP) is 2.63. The van der Waals surface area contributed by atoms with Gasteiger partial charge >= 0.3 is 6.03 Å².